The Labute approximate surface area is 132 Å². The highest BCUT2D eigenvalue weighted by Crippen LogP contribution is 2.20. The smallest absolute Gasteiger partial charge is 0.227 e. The van der Waals surface area contributed by atoms with Gasteiger partial charge >= 0.3 is 0 Å². The number of benzene rings is 1. The van der Waals surface area contributed by atoms with Crippen molar-refractivity contribution in [3.8, 4) is 5.75 Å². The van der Waals surface area contributed by atoms with Gasteiger partial charge in [-0.15, -0.1) is 0 Å². The first-order valence-corrected chi connectivity index (χ1v) is 8.11. The topological polar surface area (TPSA) is 44.8 Å². The molecular formula is C17H25N3O2. The Balaban J connectivity index is 1.52. The molecule has 2 saturated heterocycles. The lowest BCUT2D eigenvalue weighted by atomic mass is 10.1. The van der Waals surface area contributed by atoms with E-state index in [1.807, 2.05) is 23.1 Å². The van der Waals surface area contributed by atoms with Gasteiger partial charge in [-0.25, -0.2) is 0 Å². The van der Waals surface area contributed by atoms with Crippen molar-refractivity contribution in [2.24, 2.45) is 5.92 Å². The Morgan fingerprint density at radius 1 is 1.27 bits per heavy atom. The fourth-order valence-electron chi connectivity index (χ4n) is 3.32. The molecule has 120 valence electrons. The number of hydrogen-bond donors (Lipinski definition) is 1. The fourth-order valence-corrected chi connectivity index (χ4v) is 3.32. The largest absolute Gasteiger partial charge is 0.496 e. The summed E-state index contributed by atoms with van der Waals surface area (Å²) in [5.74, 6) is 1.47. The second-order valence-electron chi connectivity index (χ2n) is 6.10. The first-order valence-electron chi connectivity index (χ1n) is 8.11. The van der Waals surface area contributed by atoms with E-state index in [2.05, 4.69) is 16.3 Å². The van der Waals surface area contributed by atoms with Crippen molar-refractivity contribution in [1.82, 2.24) is 15.1 Å². The Bertz CT molecular complexity index is 506. The Kier molecular flexibility index (Phi) is 4.95. The molecule has 0 saturated carbocycles. The number of amides is 1. The molecule has 0 spiro atoms. The maximum atomic E-state index is 12.4. The molecule has 2 heterocycles. The zero-order chi connectivity index (χ0) is 15.4. The van der Waals surface area contributed by atoms with E-state index >= 15 is 0 Å². The molecule has 1 unspecified atom stereocenters. The van der Waals surface area contributed by atoms with Crippen molar-refractivity contribution in [2.75, 3.05) is 46.4 Å². The molecular weight excluding hydrogens is 278 g/mol. The summed E-state index contributed by atoms with van der Waals surface area (Å²) in [4.78, 5) is 16.8. The lowest BCUT2D eigenvalue weighted by molar-refractivity contribution is -0.136. The number of methoxy groups -OCH3 is 1. The number of rotatable bonds is 4. The molecule has 1 N–H and O–H groups in total. The SMILES string of the molecule is COc1ccccc1CN1CCN(C(=O)C2CCNC2)CC1. The molecule has 2 aliphatic heterocycles. The van der Waals surface area contributed by atoms with Crippen molar-refractivity contribution in [3.05, 3.63) is 29.8 Å². The molecule has 2 fully saturated rings. The summed E-state index contributed by atoms with van der Waals surface area (Å²) < 4.78 is 5.42. The van der Waals surface area contributed by atoms with Gasteiger partial charge in [-0.1, -0.05) is 18.2 Å². The van der Waals surface area contributed by atoms with E-state index < -0.39 is 0 Å². The molecule has 0 aliphatic carbocycles. The molecule has 5 heteroatoms. The molecule has 0 radical (unpaired) electrons. The van der Waals surface area contributed by atoms with Gasteiger partial charge in [0.25, 0.3) is 0 Å². The second kappa shape index (κ2) is 7.11. The predicted octanol–water partition coefficient (Wildman–Crippen LogP) is 0.949. The van der Waals surface area contributed by atoms with Crippen LogP contribution in [-0.4, -0.2) is 62.1 Å². The number of nitrogens with one attached hydrogen (secondary N) is 1. The van der Waals surface area contributed by atoms with E-state index in [0.717, 1.165) is 58.0 Å². The zero-order valence-electron chi connectivity index (χ0n) is 13.3. The maximum absolute atomic E-state index is 12.4. The second-order valence-corrected chi connectivity index (χ2v) is 6.10. The number of carbonyl (C=O) groups excluding carboxylic acids is 1. The van der Waals surface area contributed by atoms with Crippen LogP contribution in [0.3, 0.4) is 0 Å². The maximum Gasteiger partial charge on any atom is 0.227 e. The summed E-state index contributed by atoms with van der Waals surface area (Å²) in [5, 5.41) is 3.27. The van der Waals surface area contributed by atoms with Crippen LogP contribution in [0.25, 0.3) is 0 Å². The van der Waals surface area contributed by atoms with Crippen LogP contribution in [0, 0.1) is 5.92 Å². The van der Waals surface area contributed by atoms with Crippen molar-refractivity contribution in [2.45, 2.75) is 13.0 Å². The standard InChI is InChI=1S/C17H25N3O2/c1-22-16-5-3-2-4-15(16)13-19-8-10-20(11-9-19)17(21)14-6-7-18-12-14/h2-5,14,18H,6-13H2,1H3. The van der Waals surface area contributed by atoms with Gasteiger partial charge in [0, 0.05) is 44.8 Å². The lowest BCUT2D eigenvalue weighted by Gasteiger charge is -2.36. The predicted molar refractivity (Wildman–Crippen MR) is 85.8 cm³/mol. The van der Waals surface area contributed by atoms with Crippen molar-refractivity contribution in [3.63, 3.8) is 0 Å². The van der Waals surface area contributed by atoms with Crippen LogP contribution in [0.4, 0.5) is 0 Å². The summed E-state index contributed by atoms with van der Waals surface area (Å²) in [6.45, 7) is 6.25. The molecule has 1 aromatic rings. The van der Waals surface area contributed by atoms with E-state index in [-0.39, 0.29) is 5.92 Å². The van der Waals surface area contributed by atoms with E-state index in [0.29, 0.717) is 5.91 Å². The van der Waals surface area contributed by atoms with Gasteiger partial charge in [0.2, 0.25) is 5.91 Å². The van der Waals surface area contributed by atoms with Gasteiger partial charge in [-0.05, 0) is 19.0 Å². The van der Waals surface area contributed by atoms with Crippen LogP contribution in [0.1, 0.15) is 12.0 Å². The summed E-state index contributed by atoms with van der Waals surface area (Å²) in [6, 6.07) is 8.15. The van der Waals surface area contributed by atoms with Crippen LogP contribution in [0.2, 0.25) is 0 Å². The number of ether oxygens (including phenoxy) is 1. The van der Waals surface area contributed by atoms with Crippen LogP contribution in [-0.2, 0) is 11.3 Å². The highest BCUT2D eigenvalue weighted by molar-refractivity contribution is 5.79. The van der Waals surface area contributed by atoms with E-state index in [9.17, 15) is 4.79 Å². The molecule has 5 nitrogen and oxygen atoms in total. The highest BCUT2D eigenvalue weighted by Gasteiger charge is 2.29. The van der Waals surface area contributed by atoms with E-state index in [1.54, 1.807) is 7.11 Å². The van der Waals surface area contributed by atoms with Gasteiger partial charge in [-0.2, -0.15) is 0 Å². The highest BCUT2D eigenvalue weighted by atomic mass is 16.5. The zero-order valence-corrected chi connectivity index (χ0v) is 13.3. The first-order chi connectivity index (χ1) is 10.8. The summed E-state index contributed by atoms with van der Waals surface area (Å²) in [6.07, 6.45) is 0.986. The van der Waals surface area contributed by atoms with Gasteiger partial charge in [0.05, 0.1) is 13.0 Å². The average molecular weight is 303 g/mol. The number of carbonyl (C=O) groups is 1. The van der Waals surface area contributed by atoms with E-state index in [1.165, 1.54) is 5.56 Å². The summed E-state index contributed by atoms with van der Waals surface area (Å²) >= 11 is 0. The fraction of sp³-hybridized carbons (Fsp3) is 0.588. The molecule has 1 atom stereocenters. The van der Waals surface area contributed by atoms with E-state index in [4.69, 9.17) is 4.74 Å². The molecule has 3 rings (SSSR count). The molecule has 22 heavy (non-hydrogen) atoms. The van der Waals surface area contributed by atoms with Crippen LogP contribution >= 0.6 is 0 Å². The molecule has 0 aromatic heterocycles. The number of nitrogens with zero attached hydrogens (tertiary/aromatic N) is 2. The molecule has 0 bridgehead atoms. The summed E-state index contributed by atoms with van der Waals surface area (Å²) in [5.41, 5.74) is 1.21. The molecule has 2 aliphatic rings. The molecule has 1 amide bonds. The van der Waals surface area contributed by atoms with Crippen LogP contribution in [0.15, 0.2) is 24.3 Å². The van der Waals surface area contributed by atoms with Gasteiger partial charge in [0.15, 0.2) is 0 Å². The van der Waals surface area contributed by atoms with Crippen molar-refractivity contribution < 1.29 is 9.53 Å². The Morgan fingerprint density at radius 2 is 2.05 bits per heavy atom. The van der Waals surface area contributed by atoms with Crippen molar-refractivity contribution in [1.29, 1.82) is 0 Å². The van der Waals surface area contributed by atoms with Crippen LogP contribution in [0.5, 0.6) is 5.75 Å². The Morgan fingerprint density at radius 3 is 2.73 bits per heavy atom. The number of hydrogen-bond acceptors (Lipinski definition) is 4. The number of para-hydroxylation sites is 1. The summed E-state index contributed by atoms with van der Waals surface area (Å²) in [7, 11) is 1.71. The minimum absolute atomic E-state index is 0.195. The monoisotopic (exact) mass is 303 g/mol. The Hall–Kier alpha value is -1.59. The molecule has 1 aromatic carbocycles. The third kappa shape index (κ3) is 3.42. The first kappa shape index (κ1) is 15.3. The lowest BCUT2D eigenvalue weighted by Crippen LogP contribution is -2.50. The van der Waals surface area contributed by atoms with Gasteiger partial charge in [0.1, 0.15) is 5.75 Å². The number of piperazine rings is 1. The minimum atomic E-state index is 0.195. The normalized spacial score (nSPS) is 22.8. The van der Waals surface area contributed by atoms with Gasteiger partial charge in [-0.3, -0.25) is 9.69 Å². The quantitative estimate of drug-likeness (QED) is 0.899. The van der Waals surface area contributed by atoms with Crippen molar-refractivity contribution >= 4 is 5.91 Å². The van der Waals surface area contributed by atoms with Gasteiger partial charge < -0.3 is 15.0 Å². The average Bonchev–Trinajstić information content (AvgIpc) is 3.10. The minimum Gasteiger partial charge on any atom is -0.496 e. The third-order valence-corrected chi connectivity index (χ3v) is 4.68. The third-order valence-electron chi connectivity index (χ3n) is 4.68. The van der Waals surface area contributed by atoms with Crippen LogP contribution < -0.4 is 10.1 Å².